The molecule has 0 radical (unpaired) electrons. The van der Waals surface area contributed by atoms with Gasteiger partial charge in [0, 0.05) is 16.2 Å². The van der Waals surface area contributed by atoms with Gasteiger partial charge in [-0.15, -0.1) is 0 Å². The summed E-state index contributed by atoms with van der Waals surface area (Å²) in [5.74, 6) is -0.235. The molecule has 18 heavy (non-hydrogen) atoms. The molecule has 2 rings (SSSR count). The van der Waals surface area contributed by atoms with Crippen LogP contribution in [0.2, 0.25) is 0 Å². The highest BCUT2D eigenvalue weighted by Crippen LogP contribution is 2.22. The molecule has 5 heteroatoms. The topological polar surface area (TPSA) is 59.1 Å². The maximum Gasteiger partial charge on any atom is 0.213 e. The third-order valence-electron chi connectivity index (χ3n) is 2.34. The highest BCUT2D eigenvalue weighted by atomic mass is 79.9. The Kier molecular flexibility index (Phi) is 3.84. The zero-order chi connectivity index (χ0) is 13.0. The van der Waals surface area contributed by atoms with Gasteiger partial charge in [0.25, 0.3) is 0 Å². The van der Waals surface area contributed by atoms with Crippen molar-refractivity contribution in [3.05, 3.63) is 58.3 Å². The van der Waals surface area contributed by atoms with Crippen LogP contribution in [0.15, 0.2) is 47.1 Å². The average Bonchev–Trinajstić information content (AvgIpc) is 2.41. The minimum absolute atomic E-state index is 0.235. The van der Waals surface area contributed by atoms with Gasteiger partial charge in [0.2, 0.25) is 12.2 Å². The van der Waals surface area contributed by atoms with Gasteiger partial charge < -0.3 is 5.32 Å². The Morgan fingerprint density at radius 1 is 1.28 bits per heavy atom. The Morgan fingerprint density at radius 3 is 2.78 bits per heavy atom. The SMILES string of the molecule is O=CNc1ccc(Br)cc1C(=O)c1ccccn1. The number of pyridine rings is 1. The van der Waals surface area contributed by atoms with Gasteiger partial charge in [0.1, 0.15) is 5.69 Å². The summed E-state index contributed by atoms with van der Waals surface area (Å²) in [5, 5.41) is 2.50. The first-order valence-electron chi connectivity index (χ1n) is 5.18. The third-order valence-corrected chi connectivity index (χ3v) is 2.83. The van der Waals surface area contributed by atoms with E-state index in [-0.39, 0.29) is 5.78 Å². The summed E-state index contributed by atoms with van der Waals surface area (Å²) >= 11 is 3.30. The molecule has 0 saturated carbocycles. The number of hydrogen-bond acceptors (Lipinski definition) is 3. The fourth-order valence-corrected chi connectivity index (χ4v) is 1.89. The number of halogens is 1. The van der Waals surface area contributed by atoms with Crippen molar-refractivity contribution < 1.29 is 9.59 Å². The molecule has 0 aliphatic rings. The Labute approximate surface area is 112 Å². The second kappa shape index (κ2) is 5.55. The number of nitrogens with one attached hydrogen (secondary N) is 1. The molecule has 0 aliphatic carbocycles. The van der Waals surface area contributed by atoms with Crippen LogP contribution in [-0.4, -0.2) is 17.2 Å². The maximum absolute atomic E-state index is 12.3. The molecule has 0 bridgehead atoms. The summed E-state index contributed by atoms with van der Waals surface area (Å²) < 4.78 is 0.762. The fraction of sp³-hybridized carbons (Fsp3) is 0. The molecule has 1 N–H and O–H groups in total. The summed E-state index contributed by atoms with van der Waals surface area (Å²) in [6.45, 7) is 0. The van der Waals surface area contributed by atoms with Crippen molar-refractivity contribution in [3.8, 4) is 0 Å². The van der Waals surface area contributed by atoms with Crippen LogP contribution >= 0.6 is 15.9 Å². The average molecular weight is 305 g/mol. The second-order valence-corrected chi connectivity index (χ2v) is 4.41. The van der Waals surface area contributed by atoms with Gasteiger partial charge in [0.05, 0.1) is 5.69 Å². The highest BCUT2D eigenvalue weighted by Gasteiger charge is 2.14. The quantitative estimate of drug-likeness (QED) is 0.698. The third kappa shape index (κ3) is 2.62. The number of carbonyl (C=O) groups excluding carboxylic acids is 2. The summed E-state index contributed by atoms with van der Waals surface area (Å²) in [5.41, 5.74) is 1.20. The number of anilines is 1. The van der Waals surface area contributed by atoms with Crippen LogP contribution in [0.4, 0.5) is 5.69 Å². The molecule has 0 spiro atoms. The molecule has 1 aromatic carbocycles. The van der Waals surface area contributed by atoms with Crippen molar-refractivity contribution >= 4 is 33.8 Å². The van der Waals surface area contributed by atoms with E-state index in [0.717, 1.165) is 4.47 Å². The fourth-order valence-electron chi connectivity index (χ4n) is 1.53. The normalized spacial score (nSPS) is 9.83. The summed E-state index contributed by atoms with van der Waals surface area (Å²) in [6, 6.07) is 10.2. The number of hydrogen-bond donors (Lipinski definition) is 1. The summed E-state index contributed by atoms with van der Waals surface area (Å²) in [4.78, 5) is 26.8. The molecule has 1 heterocycles. The number of amides is 1. The minimum Gasteiger partial charge on any atom is -0.328 e. The largest absolute Gasteiger partial charge is 0.328 e. The van der Waals surface area contributed by atoms with Gasteiger partial charge in [-0.1, -0.05) is 22.0 Å². The Bertz CT molecular complexity index is 585. The molecule has 0 atom stereocenters. The predicted octanol–water partition coefficient (Wildman–Crippen LogP) is 2.64. The molecular weight excluding hydrogens is 296 g/mol. The molecule has 0 fully saturated rings. The molecular formula is C13H9BrN2O2. The lowest BCUT2D eigenvalue weighted by Gasteiger charge is -2.07. The molecule has 2 aromatic rings. The van der Waals surface area contributed by atoms with Crippen LogP contribution in [-0.2, 0) is 4.79 Å². The van der Waals surface area contributed by atoms with Gasteiger partial charge in [-0.3, -0.25) is 14.6 Å². The Morgan fingerprint density at radius 2 is 2.11 bits per heavy atom. The van der Waals surface area contributed by atoms with Crippen molar-refractivity contribution in [3.63, 3.8) is 0 Å². The zero-order valence-corrected chi connectivity index (χ0v) is 10.8. The lowest BCUT2D eigenvalue weighted by Crippen LogP contribution is -2.08. The highest BCUT2D eigenvalue weighted by molar-refractivity contribution is 9.10. The lowest BCUT2D eigenvalue weighted by atomic mass is 10.1. The first-order chi connectivity index (χ1) is 8.72. The number of benzene rings is 1. The van der Waals surface area contributed by atoms with Crippen LogP contribution in [0.25, 0.3) is 0 Å². The molecule has 0 aliphatic heterocycles. The Balaban J connectivity index is 2.46. The van der Waals surface area contributed by atoms with E-state index < -0.39 is 0 Å². The van der Waals surface area contributed by atoms with Crippen molar-refractivity contribution in [2.24, 2.45) is 0 Å². The molecule has 90 valence electrons. The maximum atomic E-state index is 12.3. The monoisotopic (exact) mass is 304 g/mol. The van der Waals surface area contributed by atoms with Crippen LogP contribution in [0, 0.1) is 0 Å². The van der Waals surface area contributed by atoms with E-state index in [1.807, 2.05) is 0 Å². The molecule has 4 nitrogen and oxygen atoms in total. The molecule has 1 aromatic heterocycles. The number of aromatic nitrogens is 1. The number of rotatable bonds is 4. The number of nitrogens with zero attached hydrogens (tertiary/aromatic N) is 1. The first kappa shape index (κ1) is 12.4. The standard InChI is InChI=1S/C13H9BrN2O2/c14-9-4-5-11(16-8-17)10(7-9)13(18)12-3-1-2-6-15-12/h1-8H,(H,16,17). The number of ketones is 1. The zero-order valence-electron chi connectivity index (χ0n) is 9.26. The van der Waals surface area contributed by atoms with E-state index in [0.29, 0.717) is 23.4 Å². The van der Waals surface area contributed by atoms with E-state index in [4.69, 9.17) is 0 Å². The predicted molar refractivity (Wildman–Crippen MR) is 71.5 cm³/mol. The van der Waals surface area contributed by atoms with Crippen LogP contribution < -0.4 is 5.32 Å². The summed E-state index contributed by atoms with van der Waals surface area (Å²) in [6.07, 6.45) is 2.09. The summed E-state index contributed by atoms with van der Waals surface area (Å²) in [7, 11) is 0. The van der Waals surface area contributed by atoms with Crippen molar-refractivity contribution in [1.29, 1.82) is 0 Å². The van der Waals surface area contributed by atoms with Crippen LogP contribution in [0.1, 0.15) is 16.1 Å². The van der Waals surface area contributed by atoms with E-state index >= 15 is 0 Å². The molecule has 0 unspecified atom stereocenters. The van der Waals surface area contributed by atoms with Crippen LogP contribution in [0.3, 0.4) is 0 Å². The van der Waals surface area contributed by atoms with Gasteiger partial charge in [-0.25, -0.2) is 0 Å². The van der Waals surface area contributed by atoms with E-state index in [9.17, 15) is 9.59 Å². The minimum atomic E-state index is -0.235. The van der Waals surface area contributed by atoms with E-state index in [1.165, 1.54) is 0 Å². The molecule has 1 amide bonds. The van der Waals surface area contributed by atoms with Gasteiger partial charge in [-0.2, -0.15) is 0 Å². The van der Waals surface area contributed by atoms with Crippen molar-refractivity contribution in [1.82, 2.24) is 4.98 Å². The van der Waals surface area contributed by atoms with Gasteiger partial charge >= 0.3 is 0 Å². The van der Waals surface area contributed by atoms with Crippen LogP contribution in [0.5, 0.6) is 0 Å². The number of carbonyl (C=O) groups is 2. The van der Waals surface area contributed by atoms with E-state index in [2.05, 4.69) is 26.2 Å². The molecule has 0 saturated heterocycles. The van der Waals surface area contributed by atoms with Gasteiger partial charge in [0.15, 0.2) is 0 Å². The van der Waals surface area contributed by atoms with Crippen molar-refractivity contribution in [2.75, 3.05) is 5.32 Å². The van der Waals surface area contributed by atoms with Crippen molar-refractivity contribution in [2.45, 2.75) is 0 Å². The smallest absolute Gasteiger partial charge is 0.213 e. The lowest BCUT2D eigenvalue weighted by molar-refractivity contribution is -0.105. The van der Waals surface area contributed by atoms with Gasteiger partial charge in [-0.05, 0) is 30.3 Å². The Hall–Kier alpha value is -2.01. The second-order valence-electron chi connectivity index (χ2n) is 3.50. The van der Waals surface area contributed by atoms with E-state index in [1.54, 1.807) is 42.6 Å². The first-order valence-corrected chi connectivity index (χ1v) is 5.97.